The van der Waals surface area contributed by atoms with Gasteiger partial charge in [0.05, 0.1) is 15.9 Å². The molecule has 1 saturated heterocycles. The summed E-state index contributed by atoms with van der Waals surface area (Å²) in [5.41, 5.74) is 8.45. The molecule has 0 aliphatic carbocycles. The van der Waals surface area contributed by atoms with Crippen LogP contribution in [0.1, 0.15) is 31.7 Å². The molecule has 2 atom stereocenters. The second-order valence-corrected chi connectivity index (χ2v) is 6.25. The summed E-state index contributed by atoms with van der Waals surface area (Å²) in [4.78, 5) is 2.45. The predicted molar refractivity (Wildman–Crippen MR) is 77.4 cm³/mol. The van der Waals surface area contributed by atoms with E-state index in [1.165, 1.54) is 5.69 Å². The minimum Gasteiger partial charge on any atom is -0.327 e. The molecule has 1 fully saturated rings. The summed E-state index contributed by atoms with van der Waals surface area (Å²) in [6.45, 7) is 10.4. The number of piperidine rings is 1. The van der Waals surface area contributed by atoms with Crippen LogP contribution in [0.15, 0.2) is 4.47 Å². The summed E-state index contributed by atoms with van der Waals surface area (Å²) >= 11 is 3.66. The highest BCUT2D eigenvalue weighted by Gasteiger charge is 2.24. The third-order valence-electron chi connectivity index (χ3n) is 3.59. The maximum Gasteiger partial charge on any atom is 0.0739 e. The van der Waals surface area contributed by atoms with Crippen molar-refractivity contribution in [3.63, 3.8) is 0 Å². The van der Waals surface area contributed by atoms with E-state index in [1.807, 2.05) is 6.92 Å². The van der Waals surface area contributed by atoms with Crippen LogP contribution in [-0.2, 0) is 13.1 Å². The van der Waals surface area contributed by atoms with Crippen molar-refractivity contribution in [3.8, 4) is 0 Å². The van der Waals surface area contributed by atoms with Crippen LogP contribution in [0.25, 0.3) is 0 Å². The Bertz CT molecular complexity index is 405. The lowest BCUT2D eigenvalue weighted by Gasteiger charge is -2.34. The van der Waals surface area contributed by atoms with Crippen LogP contribution in [0.3, 0.4) is 0 Å². The van der Waals surface area contributed by atoms with E-state index in [2.05, 4.69) is 44.5 Å². The van der Waals surface area contributed by atoms with Gasteiger partial charge in [-0.3, -0.25) is 9.58 Å². The fourth-order valence-corrected chi connectivity index (χ4v) is 3.28. The second-order valence-electron chi connectivity index (χ2n) is 5.46. The molecule has 2 heterocycles. The third-order valence-corrected chi connectivity index (χ3v) is 4.63. The number of halogens is 1. The Morgan fingerprint density at radius 1 is 1.44 bits per heavy atom. The van der Waals surface area contributed by atoms with Gasteiger partial charge in [-0.25, -0.2) is 0 Å². The molecule has 4 nitrogen and oxygen atoms in total. The van der Waals surface area contributed by atoms with E-state index in [-0.39, 0.29) is 0 Å². The van der Waals surface area contributed by atoms with Gasteiger partial charge in [0.2, 0.25) is 0 Å². The van der Waals surface area contributed by atoms with Gasteiger partial charge in [-0.05, 0) is 42.1 Å². The molecule has 1 aromatic heterocycles. The lowest BCUT2D eigenvalue weighted by Crippen LogP contribution is -2.46. The number of aryl methyl sites for hydroxylation is 2. The summed E-state index contributed by atoms with van der Waals surface area (Å²) in [5, 5.41) is 4.54. The van der Waals surface area contributed by atoms with Gasteiger partial charge in [0.15, 0.2) is 0 Å². The predicted octanol–water partition coefficient (Wildman–Crippen LogP) is 2.14. The van der Waals surface area contributed by atoms with Crippen LogP contribution in [0.2, 0.25) is 0 Å². The molecule has 1 aliphatic rings. The zero-order valence-corrected chi connectivity index (χ0v) is 13.1. The SMILES string of the molecule is CCn1nc(C)c(Br)c1CN1CC(C)CC(N)C1. The number of likely N-dealkylation sites (tertiary alicyclic amines) is 1. The van der Waals surface area contributed by atoms with Crippen LogP contribution in [0, 0.1) is 12.8 Å². The Morgan fingerprint density at radius 2 is 2.17 bits per heavy atom. The Morgan fingerprint density at radius 3 is 2.78 bits per heavy atom. The van der Waals surface area contributed by atoms with E-state index < -0.39 is 0 Å². The van der Waals surface area contributed by atoms with Crippen LogP contribution >= 0.6 is 15.9 Å². The summed E-state index contributed by atoms with van der Waals surface area (Å²) in [6, 6.07) is 0.312. The first kappa shape index (κ1) is 14.0. The minimum atomic E-state index is 0.312. The zero-order chi connectivity index (χ0) is 13.3. The smallest absolute Gasteiger partial charge is 0.0739 e. The van der Waals surface area contributed by atoms with Crippen molar-refractivity contribution in [3.05, 3.63) is 15.9 Å². The van der Waals surface area contributed by atoms with Crippen molar-refractivity contribution in [2.24, 2.45) is 11.7 Å². The molecule has 0 spiro atoms. The van der Waals surface area contributed by atoms with Gasteiger partial charge in [0.1, 0.15) is 0 Å². The molecule has 5 heteroatoms. The third kappa shape index (κ3) is 2.95. The van der Waals surface area contributed by atoms with E-state index >= 15 is 0 Å². The second kappa shape index (κ2) is 5.72. The number of nitrogens with zero attached hydrogens (tertiary/aromatic N) is 3. The van der Waals surface area contributed by atoms with Gasteiger partial charge >= 0.3 is 0 Å². The van der Waals surface area contributed by atoms with Crippen molar-refractivity contribution in [2.45, 2.75) is 46.3 Å². The fourth-order valence-electron chi connectivity index (χ4n) is 2.87. The molecule has 0 amide bonds. The van der Waals surface area contributed by atoms with Crippen molar-refractivity contribution >= 4 is 15.9 Å². The fraction of sp³-hybridized carbons (Fsp3) is 0.769. The lowest BCUT2D eigenvalue weighted by molar-refractivity contribution is 0.154. The van der Waals surface area contributed by atoms with Crippen molar-refractivity contribution in [2.75, 3.05) is 13.1 Å². The number of aromatic nitrogens is 2. The van der Waals surface area contributed by atoms with Gasteiger partial charge in [-0.15, -0.1) is 0 Å². The van der Waals surface area contributed by atoms with Crippen LogP contribution in [-0.4, -0.2) is 33.8 Å². The number of hydrogen-bond donors (Lipinski definition) is 1. The van der Waals surface area contributed by atoms with Gasteiger partial charge in [-0.2, -0.15) is 5.10 Å². The van der Waals surface area contributed by atoms with E-state index in [0.29, 0.717) is 12.0 Å². The Hall–Kier alpha value is -0.390. The average Bonchev–Trinajstić information content (AvgIpc) is 2.55. The highest BCUT2D eigenvalue weighted by Crippen LogP contribution is 2.24. The number of hydrogen-bond acceptors (Lipinski definition) is 3. The first-order chi connectivity index (χ1) is 8.51. The maximum absolute atomic E-state index is 6.11. The molecule has 0 aromatic carbocycles. The van der Waals surface area contributed by atoms with Gasteiger partial charge < -0.3 is 5.73 Å². The molecule has 1 aromatic rings. The highest BCUT2D eigenvalue weighted by molar-refractivity contribution is 9.10. The quantitative estimate of drug-likeness (QED) is 0.930. The summed E-state index contributed by atoms with van der Waals surface area (Å²) in [7, 11) is 0. The molecule has 1 aliphatic heterocycles. The van der Waals surface area contributed by atoms with Crippen molar-refractivity contribution in [1.29, 1.82) is 0 Å². The molecule has 2 unspecified atom stereocenters. The lowest BCUT2D eigenvalue weighted by atomic mass is 9.96. The van der Waals surface area contributed by atoms with Gasteiger partial charge in [0.25, 0.3) is 0 Å². The first-order valence-corrected chi connectivity index (χ1v) is 7.50. The number of rotatable bonds is 3. The first-order valence-electron chi connectivity index (χ1n) is 6.71. The topological polar surface area (TPSA) is 47.1 Å². The Labute approximate surface area is 118 Å². The van der Waals surface area contributed by atoms with E-state index in [9.17, 15) is 0 Å². The summed E-state index contributed by atoms with van der Waals surface area (Å²) in [5.74, 6) is 0.687. The largest absolute Gasteiger partial charge is 0.327 e. The normalized spacial score (nSPS) is 25.6. The van der Waals surface area contributed by atoms with Gasteiger partial charge in [0, 0.05) is 32.2 Å². The van der Waals surface area contributed by atoms with Crippen LogP contribution < -0.4 is 5.73 Å². The van der Waals surface area contributed by atoms with E-state index in [0.717, 1.165) is 42.8 Å². The van der Waals surface area contributed by atoms with Crippen molar-refractivity contribution in [1.82, 2.24) is 14.7 Å². The molecule has 2 N–H and O–H groups in total. The molecule has 2 rings (SSSR count). The van der Waals surface area contributed by atoms with E-state index in [4.69, 9.17) is 5.73 Å². The molecular formula is C13H23BrN4. The summed E-state index contributed by atoms with van der Waals surface area (Å²) in [6.07, 6.45) is 1.14. The average molecular weight is 315 g/mol. The standard InChI is InChI=1S/C13H23BrN4/c1-4-18-12(13(14)10(3)16-18)8-17-6-9(2)5-11(15)7-17/h9,11H,4-8,15H2,1-3H3. The molecule has 0 saturated carbocycles. The zero-order valence-electron chi connectivity index (χ0n) is 11.5. The monoisotopic (exact) mass is 314 g/mol. The van der Waals surface area contributed by atoms with Crippen LogP contribution in [0.4, 0.5) is 0 Å². The van der Waals surface area contributed by atoms with E-state index in [1.54, 1.807) is 0 Å². The van der Waals surface area contributed by atoms with Crippen molar-refractivity contribution < 1.29 is 0 Å². The molecular weight excluding hydrogens is 292 g/mol. The molecule has 102 valence electrons. The number of nitrogens with two attached hydrogens (primary N) is 1. The van der Waals surface area contributed by atoms with Gasteiger partial charge in [-0.1, -0.05) is 6.92 Å². The maximum atomic E-state index is 6.11. The molecule has 0 radical (unpaired) electrons. The molecule has 0 bridgehead atoms. The minimum absolute atomic E-state index is 0.312. The van der Waals surface area contributed by atoms with Crippen LogP contribution in [0.5, 0.6) is 0 Å². The Balaban J connectivity index is 2.13. The summed E-state index contributed by atoms with van der Waals surface area (Å²) < 4.78 is 3.24. The molecule has 18 heavy (non-hydrogen) atoms. The highest BCUT2D eigenvalue weighted by atomic mass is 79.9. The Kier molecular flexibility index (Phi) is 4.45.